The average molecular weight is 307 g/mol. The molecule has 0 heterocycles. The maximum Gasteiger partial charge on any atom is 0.314 e. The number of benzene rings is 2. The van der Waals surface area contributed by atoms with E-state index < -0.39 is 11.9 Å². The molecule has 2 aromatic carbocycles. The van der Waals surface area contributed by atoms with E-state index in [9.17, 15) is 9.90 Å². The van der Waals surface area contributed by atoms with Crippen LogP contribution in [-0.4, -0.2) is 24.8 Å². The molecule has 5 heteroatoms. The highest BCUT2D eigenvalue weighted by molar-refractivity contribution is 6.30. The molecular formula is C16H15ClO4. The molecule has 2 aromatic rings. The third-order valence-electron chi connectivity index (χ3n) is 3.03. The van der Waals surface area contributed by atoms with E-state index in [4.69, 9.17) is 21.1 Å². The van der Waals surface area contributed by atoms with Gasteiger partial charge >= 0.3 is 5.97 Å². The number of halogens is 1. The lowest BCUT2D eigenvalue weighted by Gasteiger charge is -2.14. The smallest absolute Gasteiger partial charge is 0.314 e. The molecule has 1 N–H and O–H groups in total. The average Bonchev–Trinajstić information content (AvgIpc) is 2.49. The number of aliphatic carboxylic acids is 1. The summed E-state index contributed by atoms with van der Waals surface area (Å²) in [6.45, 7) is 0.0319. The Kier molecular flexibility index (Phi) is 5.06. The predicted octanol–water partition coefficient (Wildman–Crippen LogP) is 3.60. The molecule has 21 heavy (non-hydrogen) atoms. The van der Waals surface area contributed by atoms with Crippen LogP contribution < -0.4 is 9.47 Å². The molecule has 1 atom stereocenters. The number of carbonyl (C=O) groups is 1. The van der Waals surface area contributed by atoms with E-state index in [1.165, 1.54) is 0 Å². The Morgan fingerprint density at radius 3 is 2.48 bits per heavy atom. The zero-order valence-corrected chi connectivity index (χ0v) is 12.2. The quantitative estimate of drug-likeness (QED) is 0.886. The molecule has 0 aliphatic heterocycles. The van der Waals surface area contributed by atoms with Crippen LogP contribution in [0.1, 0.15) is 11.5 Å². The van der Waals surface area contributed by atoms with Crippen LogP contribution >= 0.6 is 11.6 Å². The number of methoxy groups -OCH3 is 1. The van der Waals surface area contributed by atoms with Crippen LogP contribution in [0, 0.1) is 0 Å². The summed E-state index contributed by atoms with van der Waals surface area (Å²) in [6.07, 6.45) is 0. The summed E-state index contributed by atoms with van der Waals surface area (Å²) in [5.74, 6) is -0.478. The van der Waals surface area contributed by atoms with Gasteiger partial charge in [0, 0.05) is 11.1 Å². The minimum atomic E-state index is -0.944. The second-order valence-electron chi connectivity index (χ2n) is 4.43. The molecule has 0 radical (unpaired) electrons. The molecule has 0 fully saturated rings. The monoisotopic (exact) mass is 306 g/mol. The van der Waals surface area contributed by atoms with Gasteiger partial charge in [0.25, 0.3) is 0 Å². The molecule has 1 unspecified atom stereocenters. The van der Waals surface area contributed by atoms with E-state index in [-0.39, 0.29) is 6.61 Å². The van der Waals surface area contributed by atoms with Gasteiger partial charge in [0.1, 0.15) is 24.0 Å². The Bertz CT molecular complexity index is 610. The highest BCUT2D eigenvalue weighted by Gasteiger charge is 2.20. The maximum absolute atomic E-state index is 11.4. The predicted molar refractivity (Wildman–Crippen MR) is 80.3 cm³/mol. The lowest BCUT2D eigenvalue weighted by Crippen LogP contribution is -2.19. The van der Waals surface area contributed by atoms with Crippen molar-refractivity contribution in [2.45, 2.75) is 5.92 Å². The summed E-state index contributed by atoms with van der Waals surface area (Å²) in [5, 5.41) is 9.90. The van der Waals surface area contributed by atoms with E-state index in [0.29, 0.717) is 22.1 Å². The van der Waals surface area contributed by atoms with Gasteiger partial charge in [-0.25, -0.2) is 0 Å². The first kappa shape index (κ1) is 15.2. The first-order valence-corrected chi connectivity index (χ1v) is 6.73. The number of rotatable bonds is 6. The Hall–Kier alpha value is -2.20. The minimum absolute atomic E-state index is 0.0319. The third-order valence-corrected chi connectivity index (χ3v) is 3.28. The van der Waals surface area contributed by atoms with Gasteiger partial charge in [-0.1, -0.05) is 29.8 Å². The molecule has 0 aliphatic rings. The van der Waals surface area contributed by atoms with Crippen molar-refractivity contribution in [2.24, 2.45) is 0 Å². The number of hydrogen-bond acceptors (Lipinski definition) is 3. The number of carboxylic acid groups (broad SMARTS) is 1. The molecule has 0 spiro atoms. The Morgan fingerprint density at radius 1 is 1.19 bits per heavy atom. The first-order valence-electron chi connectivity index (χ1n) is 6.35. The summed E-state index contributed by atoms with van der Waals surface area (Å²) in [5.41, 5.74) is 0.648. The number of hydrogen-bond donors (Lipinski definition) is 1. The molecule has 110 valence electrons. The van der Waals surface area contributed by atoms with E-state index in [1.54, 1.807) is 55.6 Å². The van der Waals surface area contributed by atoms with Gasteiger partial charge in [0.2, 0.25) is 0 Å². The highest BCUT2D eigenvalue weighted by Crippen LogP contribution is 2.23. The molecule has 4 nitrogen and oxygen atoms in total. The van der Waals surface area contributed by atoms with Crippen LogP contribution in [0.15, 0.2) is 48.5 Å². The van der Waals surface area contributed by atoms with E-state index in [1.807, 2.05) is 0 Å². The standard InChI is InChI=1S/C16H15ClO4/c1-20-13-3-2-4-14(9-13)21-10-15(16(18)19)11-5-7-12(17)8-6-11/h2-9,15H,10H2,1H3,(H,18,19). The van der Waals surface area contributed by atoms with Gasteiger partial charge in [-0.3, -0.25) is 4.79 Å². The van der Waals surface area contributed by atoms with Crippen LogP contribution in [0.3, 0.4) is 0 Å². The Balaban J connectivity index is 2.10. The largest absolute Gasteiger partial charge is 0.497 e. The molecule has 0 saturated carbocycles. The molecular weight excluding hydrogens is 292 g/mol. The maximum atomic E-state index is 11.4. The molecule has 0 amide bonds. The van der Waals surface area contributed by atoms with Crippen LogP contribution in [0.4, 0.5) is 0 Å². The molecule has 2 rings (SSSR count). The third kappa shape index (κ3) is 4.13. The number of carboxylic acids is 1. The van der Waals surface area contributed by atoms with Gasteiger partial charge in [0.15, 0.2) is 0 Å². The van der Waals surface area contributed by atoms with E-state index in [2.05, 4.69) is 0 Å². The lowest BCUT2D eigenvalue weighted by molar-refractivity contribution is -0.139. The van der Waals surface area contributed by atoms with Crippen LogP contribution in [-0.2, 0) is 4.79 Å². The fraction of sp³-hybridized carbons (Fsp3) is 0.188. The summed E-state index contributed by atoms with van der Waals surface area (Å²) in [7, 11) is 1.56. The van der Waals surface area contributed by atoms with Crippen molar-refractivity contribution in [1.29, 1.82) is 0 Å². The second-order valence-corrected chi connectivity index (χ2v) is 4.87. The van der Waals surface area contributed by atoms with Crippen LogP contribution in [0.2, 0.25) is 5.02 Å². The topological polar surface area (TPSA) is 55.8 Å². The summed E-state index contributed by atoms with van der Waals surface area (Å²) >= 11 is 5.81. The number of ether oxygens (including phenoxy) is 2. The normalized spacial score (nSPS) is 11.7. The van der Waals surface area contributed by atoms with Crippen molar-refractivity contribution in [3.63, 3.8) is 0 Å². The van der Waals surface area contributed by atoms with Crippen LogP contribution in [0.5, 0.6) is 11.5 Å². The molecule has 0 bridgehead atoms. The van der Waals surface area contributed by atoms with Crippen molar-refractivity contribution in [1.82, 2.24) is 0 Å². The van der Waals surface area contributed by atoms with Crippen LogP contribution in [0.25, 0.3) is 0 Å². The van der Waals surface area contributed by atoms with Gasteiger partial charge in [-0.05, 0) is 29.8 Å². The fourth-order valence-electron chi connectivity index (χ4n) is 1.88. The van der Waals surface area contributed by atoms with Crippen molar-refractivity contribution in [3.05, 3.63) is 59.1 Å². The minimum Gasteiger partial charge on any atom is -0.497 e. The van der Waals surface area contributed by atoms with Crippen molar-refractivity contribution in [2.75, 3.05) is 13.7 Å². The highest BCUT2D eigenvalue weighted by atomic mass is 35.5. The van der Waals surface area contributed by atoms with Gasteiger partial charge < -0.3 is 14.6 Å². The van der Waals surface area contributed by atoms with Gasteiger partial charge in [-0.15, -0.1) is 0 Å². The summed E-state index contributed by atoms with van der Waals surface area (Å²) < 4.78 is 10.7. The van der Waals surface area contributed by atoms with E-state index in [0.717, 1.165) is 0 Å². The molecule has 0 aliphatic carbocycles. The molecule has 0 aromatic heterocycles. The first-order chi connectivity index (χ1) is 10.1. The van der Waals surface area contributed by atoms with Crippen molar-refractivity contribution < 1.29 is 19.4 Å². The zero-order chi connectivity index (χ0) is 15.2. The van der Waals surface area contributed by atoms with E-state index >= 15 is 0 Å². The zero-order valence-electron chi connectivity index (χ0n) is 11.5. The Labute approximate surface area is 127 Å². The lowest BCUT2D eigenvalue weighted by atomic mass is 10.0. The summed E-state index contributed by atoms with van der Waals surface area (Å²) in [6, 6.07) is 13.7. The summed E-state index contributed by atoms with van der Waals surface area (Å²) in [4.78, 5) is 11.4. The SMILES string of the molecule is COc1cccc(OCC(C(=O)O)c2ccc(Cl)cc2)c1. The van der Waals surface area contributed by atoms with Gasteiger partial charge in [0.05, 0.1) is 7.11 Å². The fourth-order valence-corrected chi connectivity index (χ4v) is 2.00. The van der Waals surface area contributed by atoms with Crippen molar-refractivity contribution >= 4 is 17.6 Å². The second kappa shape index (κ2) is 6.99. The van der Waals surface area contributed by atoms with Crippen molar-refractivity contribution in [3.8, 4) is 11.5 Å². The Morgan fingerprint density at radius 2 is 1.86 bits per heavy atom. The van der Waals surface area contributed by atoms with Gasteiger partial charge in [-0.2, -0.15) is 0 Å². The molecule has 0 saturated heterocycles.